The smallest absolute Gasteiger partial charge is 0.251 e. The van der Waals surface area contributed by atoms with Gasteiger partial charge in [-0.3, -0.25) is 9.89 Å². The van der Waals surface area contributed by atoms with Gasteiger partial charge in [0.05, 0.1) is 6.10 Å². The molecule has 0 spiro atoms. The SMILES string of the molecule is O=C(NCC(O)Cc1ccccc1)c1cccc(-c2ncn[nH]2)c1. The molecular weight excluding hydrogens is 304 g/mol. The highest BCUT2D eigenvalue weighted by Crippen LogP contribution is 2.15. The van der Waals surface area contributed by atoms with E-state index in [1.54, 1.807) is 18.2 Å². The summed E-state index contributed by atoms with van der Waals surface area (Å²) in [4.78, 5) is 16.3. The molecule has 6 heteroatoms. The molecule has 122 valence electrons. The lowest BCUT2D eigenvalue weighted by Crippen LogP contribution is -2.33. The third kappa shape index (κ3) is 4.05. The molecule has 1 amide bonds. The van der Waals surface area contributed by atoms with Crippen molar-refractivity contribution in [2.45, 2.75) is 12.5 Å². The van der Waals surface area contributed by atoms with E-state index in [0.717, 1.165) is 11.1 Å². The first-order valence-corrected chi connectivity index (χ1v) is 7.68. The molecule has 0 aliphatic rings. The van der Waals surface area contributed by atoms with E-state index in [9.17, 15) is 9.90 Å². The van der Waals surface area contributed by atoms with Gasteiger partial charge in [-0.05, 0) is 17.7 Å². The molecule has 1 atom stereocenters. The summed E-state index contributed by atoms with van der Waals surface area (Å²) in [7, 11) is 0. The van der Waals surface area contributed by atoms with Gasteiger partial charge in [0.2, 0.25) is 0 Å². The fourth-order valence-electron chi connectivity index (χ4n) is 2.42. The predicted molar refractivity (Wildman–Crippen MR) is 90.3 cm³/mol. The highest BCUT2D eigenvalue weighted by Gasteiger charge is 2.11. The molecule has 6 nitrogen and oxygen atoms in total. The number of hydrogen-bond acceptors (Lipinski definition) is 4. The molecule has 3 N–H and O–H groups in total. The van der Waals surface area contributed by atoms with E-state index in [-0.39, 0.29) is 12.5 Å². The molecule has 1 aromatic heterocycles. The summed E-state index contributed by atoms with van der Waals surface area (Å²) >= 11 is 0. The number of H-pyrrole nitrogens is 1. The van der Waals surface area contributed by atoms with Gasteiger partial charge >= 0.3 is 0 Å². The second-order valence-corrected chi connectivity index (χ2v) is 5.47. The molecular formula is C18H18N4O2. The highest BCUT2D eigenvalue weighted by atomic mass is 16.3. The van der Waals surface area contributed by atoms with E-state index in [1.165, 1.54) is 6.33 Å². The zero-order valence-electron chi connectivity index (χ0n) is 13.0. The van der Waals surface area contributed by atoms with Crippen molar-refractivity contribution in [2.24, 2.45) is 0 Å². The fourth-order valence-corrected chi connectivity index (χ4v) is 2.42. The molecule has 0 aliphatic carbocycles. The topological polar surface area (TPSA) is 90.9 Å². The first-order valence-electron chi connectivity index (χ1n) is 7.68. The van der Waals surface area contributed by atoms with Crippen LogP contribution >= 0.6 is 0 Å². The maximum absolute atomic E-state index is 12.3. The molecule has 0 radical (unpaired) electrons. The largest absolute Gasteiger partial charge is 0.391 e. The van der Waals surface area contributed by atoms with Crippen LogP contribution in [0.2, 0.25) is 0 Å². The van der Waals surface area contributed by atoms with Gasteiger partial charge in [-0.2, -0.15) is 5.10 Å². The number of aliphatic hydroxyl groups is 1. The van der Waals surface area contributed by atoms with Crippen molar-refractivity contribution in [3.63, 3.8) is 0 Å². The molecule has 0 bridgehead atoms. The number of nitrogens with one attached hydrogen (secondary N) is 2. The molecule has 0 aliphatic heterocycles. The maximum Gasteiger partial charge on any atom is 0.251 e. The molecule has 3 rings (SSSR count). The Kier molecular flexibility index (Phi) is 4.98. The summed E-state index contributed by atoms with van der Waals surface area (Å²) in [5, 5.41) is 19.4. The van der Waals surface area contributed by atoms with Crippen LogP contribution < -0.4 is 5.32 Å². The number of aromatic nitrogens is 3. The van der Waals surface area contributed by atoms with Crippen LogP contribution in [0, 0.1) is 0 Å². The third-order valence-corrected chi connectivity index (χ3v) is 3.63. The van der Waals surface area contributed by atoms with E-state index in [2.05, 4.69) is 20.5 Å². The monoisotopic (exact) mass is 322 g/mol. The Morgan fingerprint density at radius 1 is 1.17 bits per heavy atom. The number of benzene rings is 2. The Bertz CT molecular complexity index is 788. The molecule has 0 fully saturated rings. The minimum absolute atomic E-state index is 0.195. The molecule has 1 heterocycles. The lowest BCUT2D eigenvalue weighted by molar-refractivity contribution is 0.0916. The Morgan fingerprint density at radius 3 is 2.75 bits per heavy atom. The van der Waals surface area contributed by atoms with Gasteiger partial charge in [0.1, 0.15) is 6.33 Å². The Hall–Kier alpha value is -2.99. The zero-order chi connectivity index (χ0) is 16.8. The molecule has 0 saturated carbocycles. The van der Waals surface area contributed by atoms with Crippen molar-refractivity contribution in [2.75, 3.05) is 6.54 Å². The Labute approximate surface area is 139 Å². The van der Waals surface area contributed by atoms with Crippen LogP contribution in [0.25, 0.3) is 11.4 Å². The number of carbonyl (C=O) groups is 1. The molecule has 1 unspecified atom stereocenters. The van der Waals surface area contributed by atoms with Crippen molar-refractivity contribution >= 4 is 5.91 Å². The normalized spacial score (nSPS) is 11.9. The van der Waals surface area contributed by atoms with Gasteiger partial charge in [-0.25, -0.2) is 4.98 Å². The number of rotatable bonds is 6. The number of nitrogens with zero attached hydrogens (tertiary/aromatic N) is 2. The Balaban J connectivity index is 1.58. The molecule has 3 aromatic rings. The van der Waals surface area contributed by atoms with Crippen molar-refractivity contribution in [3.8, 4) is 11.4 Å². The van der Waals surface area contributed by atoms with Gasteiger partial charge < -0.3 is 10.4 Å². The number of amides is 1. The highest BCUT2D eigenvalue weighted by molar-refractivity contribution is 5.95. The van der Waals surface area contributed by atoms with E-state index >= 15 is 0 Å². The average Bonchev–Trinajstić information content (AvgIpc) is 3.15. The quantitative estimate of drug-likeness (QED) is 0.645. The van der Waals surface area contributed by atoms with Gasteiger partial charge in [-0.1, -0.05) is 42.5 Å². The zero-order valence-corrected chi connectivity index (χ0v) is 13.0. The standard InChI is InChI=1S/C18H18N4O2/c23-16(9-13-5-2-1-3-6-13)11-19-18(24)15-8-4-7-14(10-15)17-20-12-21-22-17/h1-8,10,12,16,23H,9,11H2,(H,19,24)(H,20,21,22). The number of aromatic amines is 1. The fraction of sp³-hybridized carbons (Fsp3) is 0.167. The number of hydrogen-bond donors (Lipinski definition) is 3. The lowest BCUT2D eigenvalue weighted by Gasteiger charge is -2.12. The second kappa shape index (κ2) is 7.52. The van der Waals surface area contributed by atoms with E-state index in [1.807, 2.05) is 36.4 Å². The van der Waals surface area contributed by atoms with Crippen LogP contribution in [0.15, 0.2) is 60.9 Å². The minimum atomic E-state index is -0.631. The lowest BCUT2D eigenvalue weighted by atomic mass is 10.1. The summed E-state index contributed by atoms with van der Waals surface area (Å²) in [6.45, 7) is 0.195. The van der Waals surface area contributed by atoms with Gasteiger partial charge in [0, 0.05) is 24.1 Å². The van der Waals surface area contributed by atoms with Gasteiger partial charge in [0.25, 0.3) is 5.91 Å². The first-order chi connectivity index (χ1) is 11.7. The third-order valence-electron chi connectivity index (χ3n) is 3.63. The molecule has 0 saturated heterocycles. The summed E-state index contributed by atoms with van der Waals surface area (Å²) in [6, 6.07) is 16.8. The number of carbonyl (C=O) groups excluding carboxylic acids is 1. The van der Waals surface area contributed by atoms with E-state index in [4.69, 9.17) is 0 Å². The van der Waals surface area contributed by atoms with Crippen LogP contribution in [-0.2, 0) is 6.42 Å². The van der Waals surface area contributed by atoms with Gasteiger partial charge in [-0.15, -0.1) is 0 Å². The summed E-state index contributed by atoms with van der Waals surface area (Å²) in [6.07, 6.45) is 1.29. The van der Waals surface area contributed by atoms with Crippen molar-refractivity contribution in [3.05, 3.63) is 72.1 Å². The number of aliphatic hydroxyl groups excluding tert-OH is 1. The van der Waals surface area contributed by atoms with Crippen molar-refractivity contribution < 1.29 is 9.90 Å². The van der Waals surface area contributed by atoms with Crippen LogP contribution in [0.3, 0.4) is 0 Å². The van der Waals surface area contributed by atoms with E-state index < -0.39 is 6.10 Å². The van der Waals surface area contributed by atoms with Crippen LogP contribution in [0.1, 0.15) is 15.9 Å². The van der Waals surface area contributed by atoms with Crippen molar-refractivity contribution in [1.82, 2.24) is 20.5 Å². The second-order valence-electron chi connectivity index (χ2n) is 5.47. The summed E-state index contributed by atoms with van der Waals surface area (Å²) in [5.41, 5.74) is 2.33. The Morgan fingerprint density at radius 2 is 2.00 bits per heavy atom. The van der Waals surface area contributed by atoms with Crippen molar-refractivity contribution in [1.29, 1.82) is 0 Å². The predicted octanol–water partition coefficient (Wildman–Crippen LogP) is 1.81. The molecule has 24 heavy (non-hydrogen) atoms. The van der Waals surface area contributed by atoms with E-state index in [0.29, 0.717) is 17.8 Å². The minimum Gasteiger partial charge on any atom is -0.391 e. The summed E-state index contributed by atoms with van der Waals surface area (Å²) in [5.74, 6) is 0.372. The van der Waals surface area contributed by atoms with Crippen LogP contribution in [0.4, 0.5) is 0 Å². The average molecular weight is 322 g/mol. The summed E-state index contributed by atoms with van der Waals surface area (Å²) < 4.78 is 0. The van der Waals surface area contributed by atoms with Crippen LogP contribution in [-0.4, -0.2) is 38.8 Å². The maximum atomic E-state index is 12.3. The van der Waals surface area contributed by atoms with Gasteiger partial charge in [0.15, 0.2) is 5.82 Å². The molecule has 2 aromatic carbocycles. The first kappa shape index (κ1) is 15.9. The van der Waals surface area contributed by atoms with Crippen LogP contribution in [0.5, 0.6) is 0 Å².